The lowest BCUT2D eigenvalue weighted by atomic mass is 9.94. The highest BCUT2D eigenvalue weighted by Crippen LogP contribution is 2.26. The zero-order valence-electron chi connectivity index (χ0n) is 12.5. The van der Waals surface area contributed by atoms with Gasteiger partial charge in [-0.15, -0.1) is 0 Å². The SMILES string of the molecule is COC(=O)C1CCCC(C(=O)OC)N1Cc1ccccc1. The van der Waals surface area contributed by atoms with Gasteiger partial charge in [-0.25, -0.2) is 0 Å². The number of methoxy groups -OCH3 is 2. The molecule has 0 aromatic heterocycles. The molecule has 1 aromatic rings. The van der Waals surface area contributed by atoms with E-state index in [1.165, 1.54) is 14.2 Å². The van der Waals surface area contributed by atoms with Crippen molar-refractivity contribution in [1.29, 1.82) is 0 Å². The normalized spacial score (nSPS) is 22.6. The lowest BCUT2D eigenvalue weighted by Gasteiger charge is -2.39. The van der Waals surface area contributed by atoms with Crippen molar-refractivity contribution in [2.24, 2.45) is 0 Å². The fourth-order valence-corrected chi connectivity index (χ4v) is 2.85. The molecule has 1 fully saturated rings. The van der Waals surface area contributed by atoms with E-state index in [1.54, 1.807) is 0 Å². The molecule has 5 nitrogen and oxygen atoms in total. The predicted octanol–water partition coefficient (Wildman–Crippen LogP) is 1.76. The Balaban J connectivity index is 2.24. The Bertz CT molecular complexity index is 464. The summed E-state index contributed by atoms with van der Waals surface area (Å²) in [4.78, 5) is 25.9. The number of piperidine rings is 1. The van der Waals surface area contributed by atoms with Crippen LogP contribution in [0.2, 0.25) is 0 Å². The van der Waals surface area contributed by atoms with Crippen molar-refractivity contribution < 1.29 is 19.1 Å². The van der Waals surface area contributed by atoms with Crippen LogP contribution in [0.1, 0.15) is 24.8 Å². The van der Waals surface area contributed by atoms with E-state index in [0.717, 1.165) is 12.0 Å². The Morgan fingerprint density at radius 2 is 1.57 bits per heavy atom. The van der Waals surface area contributed by atoms with Crippen LogP contribution in [0.4, 0.5) is 0 Å². The highest BCUT2D eigenvalue weighted by molar-refractivity contribution is 5.80. The highest BCUT2D eigenvalue weighted by Gasteiger charge is 2.39. The lowest BCUT2D eigenvalue weighted by molar-refractivity contribution is -0.158. The van der Waals surface area contributed by atoms with Crippen molar-refractivity contribution in [3.63, 3.8) is 0 Å². The summed E-state index contributed by atoms with van der Waals surface area (Å²) < 4.78 is 9.77. The Kier molecular flexibility index (Phi) is 5.33. The van der Waals surface area contributed by atoms with E-state index < -0.39 is 12.1 Å². The minimum atomic E-state index is -0.395. The first kappa shape index (κ1) is 15.5. The van der Waals surface area contributed by atoms with Crippen LogP contribution in [-0.4, -0.2) is 43.1 Å². The van der Waals surface area contributed by atoms with E-state index in [-0.39, 0.29) is 11.9 Å². The zero-order valence-corrected chi connectivity index (χ0v) is 12.5. The quantitative estimate of drug-likeness (QED) is 0.791. The molecule has 2 unspecified atom stereocenters. The van der Waals surface area contributed by atoms with Crippen molar-refractivity contribution in [1.82, 2.24) is 4.90 Å². The number of hydrogen-bond acceptors (Lipinski definition) is 5. The number of nitrogens with zero attached hydrogens (tertiary/aromatic N) is 1. The molecule has 1 heterocycles. The number of esters is 2. The van der Waals surface area contributed by atoms with Gasteiger partial charge < -0.3 is 9.47 Å². The number of likely N-dealkylation sites (tertiary alicyclic amines) is 1. The molecule has 0 saturated carbocycles. The summed E-state index contributed by atoms with van der Waals surface area (Å²) in [5.74, 6) is -0.584. The van der Waals surface area contributed by atoms with Crippen molar-refractivity contribution in [3.8, 4) is 0 Å². The molecule has 0 spiro atoms. The van der Waals surface area contributed by atoms with Crippen LogP contribution in [-0.2, 0) is 25.6 Å². The molecule has 1 saturated heterocycles. The summed E-state index contributed by atoms with van der Waals surface area (Å²) in [6.07, 6.45) is 2.21. The maximum absolute atomic E-state index is 12.0. The van der Waals surface area contributed by atoms with Crippen LogP contribution in [0.3, 0.4) is 0 Å². The third kappa shape index (κ3) is 3.61. The molecule has 2 atom stereocenters. The largest absolute Gasteiger partial charge is 0.468 e. The first-order valence-corrected chi connectivity index (χ1v) is 7.12. The van der Waals surface area contributed by atoms with Crippen LogP contribution < -0.4 is 0 Å². The van der Waals surface area contributed by atoms with Gasteiger partial charge in [0.25, 0.3) is 0 Å². The fraction of sp³-hybridized carbons (Fsp3) is 0.500. The second-order valence-corrected chi connectivity index (χ2v) is 5.17. The molecule has 0 bridgehead atoms. The van der Waals surface area contributed by atoms with Crippen LogP contribution in [0.25, 0.3) is 0 Å². The average molecular weight is 291 g/mol. The standard InChI is InChI=1S/C16H21NO4/c1-20-15(18)13-9-6-10-14(16(19)21-2)17(13)11-12-7-4-3-5-8-12/h3-5,7-8,13-14H,6,9-11H2,1-2H3. The van der Waals surface area contributed by atoms with E-state index >= 15 is 0 Å². The van der Waals surface area contributed by atoms with Gasteiger partial charge >= 0.3 is 11.9 Å². The molecule has 114 valence electrons. The van der Waals surface area contributed by atoms with Gasteiger partial charge in [-0.05, 0) is 24.8 Å². The Hall–Kier alpha value is -1.88. The second-order valence-electron chi connectivity index (χ2n) is 5.17. The molecule has 0 N–H and O–H groups in total. The van der Waals surface area contributed by atoms with Gasteiger partial charge in [0.2, 0.25) is 0 Å². The van der Waals surface area contributed by atoms with Gasteiger partial charge in [0, 0.05) is 6.54 Å². The molecule has 1 aromatic carbocycles. The Morgan fingerprint density at radius 3 is 2.05 bits per heavy atom. The molecule has 5 heteroatoms. The summed E-state index contributed by atoms with van der Waals surface area (Å²) >= 11 is 0. The monoisotopic (exact) mass is 291 g/mol. The van der Waals surface area contributed by atoms with Crippen molar-refractivity contribution >= 4 is 11.9 Å². The Morgan fingerprint density at radius 1 is 1.05 bits per heavy atom. The second kappa shape index (κ2) is 7.22. The minimum absolute atomic E-state index is 0.292. The summed E-state index contributed by atoms with van der Waals surface area (Å²) in [6.45, 7) is 0.528. The molecule has 1 aliphatic heterocycles. The third-order valence-corrected chi connectivity index (χ3v) is 3.91. The summed E-state index contributed by atoms with van der Waals surface area (Å²) in [6, 6.07) is 9.00. The Labute approximate surface area is 124 Å². The fourth-order valence-electron chi connectivity index (χ4n) is 2.85. The van der Waals surface area contributed by atoms with Crippen molar-refractivity contribution in [3.05, 3.63) is 35.9 Å². The van der Waals surface area contributed by atoms with Crippen LogP contribution >= 0.6 is 0 Å². The molecule has 1 aliphatic rings. The van der Waals surface area contributed by atoms with Crippen molar-refractivity contribution in [2.45, 2.75) is 37.9 Å². The summed E-state index contributed by atoms with van der Waals surface area (Å²) in [5, 5.41) is 0. The van der Waals surface area contributed by atoms with Crippen molar-refractivity contribution in [2.75, 3.05) is 14.2 Å². The maximum Gasteiger partial charge on any atom is 0.323 e. The van der Waals surface area contributed by atoms with Crippen LogP contribution in [0, 0.1) is 0 Å². The van der Waals surface area contributed by atoms with E-state index in [9.17, 15) is 9.59 Å². The predicted molar refractivity (Wildman–Crippen MR) is 77.4 cm³/mol. The minimum Gasteiger partial charge on any atom is -0.468 e. The third-order valence-electron chi connectivity index (χ3n) is 3.91. The van der Waals surface area contributed by atoms with Gasteiger partial charge in [0.05, 0.1) is 14.2 Å². The van der Waals surface area contributed by atoms with Crippen LogP contribution in [0.5, 0.6) is 0 Å². The number of carbonyl (C=O) groups is 2. The van der Waals surface area contributed by atoms with Gasteiger partial charge in [-0.1, -0.05) is 30.3 Å². The van der Waals surface area contributed by atoms with E-state index in [1.807, 2.05) is 35.2 Å². The number of rotatable bonds is 4. The molecule has 0 radical (unpaired) electrons. The molecule has 0 amide bonds. The molecule has 2 rings (SSSR count). The maximum atomic E-state index is 12.0. The van der Waals surface area contributed by atoms with Gasteiger partial charge in [-0.3, -0.25) is 14.5 Å². The first-order valence-electron chi connectivity index (χ1n) is 7.12. The van der Waals surface area contributed by atoms with Gasteiger partial charge in [0.15, 0.2) is 0 Å². The topological polar surface area (TPSA) is 55.8 Å². The van der Waals surface area contributed by atoms with E-state index in [4.69, 9.17) is 9.47 Å². The van der Waals surface area contributed by atoms with E-state index in [2.05, 4.69) is 0 Å². The summed E-state index contributed by atoms with van der Waals surface area (Å²) in [7, 11) is 2.76. The molecule has 21 heavy (non-hydrogen) atoms. The van der Waals surface area contributed by atoms with E-state index in [0.29, 0.717) is 19.4 Å². The lowest BCUT2D eigenvalue weighted by Crippen LogP contribution is -2.53. The van der Waals surface area contributed by atoms with Gasteiger partial charge in [-0.2, -0.15) is 0 Å². The molecular formula is C16H21NO4. The average Bonchev–Trinajstić information content (AvgIpc) is 2.54. The van der Waals surface area contributed by atoms with Gasteiger partial charge in [0.1, 0.15) is 12.1 Å². The number of carbonyl (C=O) groups excluding carboxylic acids is 2. The number of ether oxygens (including phenoxy) is 2. The number of benzene rings is 1. The number of hydrogen-bond donors (Lipinski definition) is 0. The first-order chi connectivity index (χ1) is 10.2. The summed E-state index contributed by atoms with van der Waals surface area (Å²) in [5.41, 5.74) is 1.06. The highest BCUT2D eigenvalue weighted by atomic mass is 16.5. The molecular weight excluding hydrogens is 270 g/mol. The molecule has 0 aliphatic carbocycles. The zero-order chi connectivity index (χ0) is 15.2. The van der Waals surface area contributed by atoms with Crippen LogP contribution in [0.15, 0.2) is 30.3 Å². The smallest absolute Gasteiger partial charge is 0.323 e.